The van der Waals surface area contributed by atoms with Gasteiger partial charge in [0.05, 0.1) is 67.8 Å². The van der Waals surface area contributed by atoms with Crippen LogP contribution in [0.25, 0.3) is 0 Å². The second-order valence-corrected chi connectivity index (χ2v) is 47.7. The predicted molar refractivity (Wildman–Crippen MR) is 509 cm³/mol. The summed E-state index contributed by atoms with van der Waals surface area (Å²) < 4.78 is 0. The van der Waals surface area contributed by atoms with Crippen LogP contribution < -0.4 is 17.2 Å². The van der Waals surface area contributed by atoms with Crippen LogP contribution in [0.4, 0.5) is 34.1 Å². The fraction of sp³-hybridized carbons (Fsp3) is 0.611. The molecule has 6 aromatic rings. The number of anilines is 3. The molecule has 24 nitrogen and oxygen atoms in total. The summed E-state index contributed by atoms with van der Waals surface area (Å²) in [4.78, 5) is 121. The fourth-order valence-electron chi connectivity index (χ4n) is 31.6. The van der Waals surface area contributed by atoms with E-state index < -0.39 is 0 Å². The Morgan fingerprint density at radius 3 is 0.705 bits per heavy atom. The summed E-state index contributed by atoms with van der Waals surface area (Å²) in [5.74, 6) is 9.65. The first-order chi connectivity index (χ1) is 62.1. The number of nitro benzene ring substituents is 3. The molecule has 0 saturated heterocycles. The number of hydrogen-bond donors (Lipinski definition) is 3. The lowest BCUT2D eigenvalue weighted by Gasteiger charge is -2.63. The molecule has 0 radical (unpaired) electrons. The molecule has 28 rings (SSSR count). The fourth-order valence-corrected chi connectivity index (χ4v) is 31.6. The minimum atomic E-state index is -0.375. The number of amides is 6. The molecule has 22 atom stereocenters. The van der Waals surface area contributed by atoms with Crippen molar-refractivity contribution in [3.63, 3.8) is 0 Å². The molecule has 16 fully saturated rings. The van der Waals surface area contributed by atoms with E-state index in [1.165, 1.54) is 63.1 Å². The summed E-state index contributed by atoms with van der Waals surface area (Å²) in [6.45, 7) is 45.5. The molecule has 6 aromatic carbocycles. The van der Waals surface area contributed by atoms with Crippen molar-refractivity contribution in [3.8, 4) is 0 Å². The quantitative estimate of drug-likeness (QED) is 0.0688. The lowest BCUT2D eigenvalue weighted by atomic mass is 9.44. The molecule has 702 valence electrons. The third kappa shape index (κ3) is 13.3. The van der Waals surface area contributed by atoms with Gasteiger partial charge in [0, 0.05) is 125 Å². The van der Waals surface area contributed by atoms with E-state index >= 15 is 0 Å². The second-order valence-electron chi connectivity index (χ2n) is 47.7. The highest BCUT2D eigenvalue weighted by molar-refractivity contribution is 6.03. The van der Waals surface area contributed by atoms with Crippen molar-refractivity contribution in [2.75, 3.05) is 17.2 Å². The number of carbonyl (C=O) groups excluding carboxylic acids is 6. The molecule has 12 bridgehead atoms. The van der Waals surface area contributed by atoms with Gasteiger partial charge in [0.2, 0.25) is 0 Å². The first-order valence-corrected chi connectivity index (χ1v) is 49.4. The molecule has 6 heterocycles. The van der Waals surface area contributed by atoms with Crippen LogP contribution in [0.15, 0.2) is 109 Å². The van der Waals surface area contributed by atoms with Crippen LogP contribution in [-0.4, -0.2) is 116 Å². The molecular formula is C108H138N12O12. The van der Waals surface area contributed by atoms with E-state index in [9.17, 15) is 59.1 Å². The average Bonchev–Trinajstić information content (AvgIpc) is 1.55. The Kier molecular flexibility index (Phi) is 21.6. The van der Waals surface area contributed by atoms with E-state index in [0.29, 0.717) is 171 Å². The number of hydrogen-bond acceptors (Lipinski definition) is 15. The van der Waals surface area contributed by atoms with Crippen molar-refractivity contribution >= 4 is 69.6 Å². The van der Waals surface area contributed by atoms with Gasteiger partial charge in [-0.2, -0.15) is 0 Å². The van der Waals surface area contributed by atoms with Crippen molar-refractivity contribution in [1.82, 2.24) is 29.4 Å². The van der Waals surface area contributed by atoms with E-state index in [-0.39, 0.29) is 102 Å². The SMILES string of the molecule is CC1(C)[C@@H]2CC[C@]1(C)[C@H](N1Cc3c(N)cccc3C1=O)C2.CC1(C)[C@@H]2CC[C@]1(C)[C@H](N1Cc3c(cccc3[N+](=O)[O-])C1=O)C2.C[C@@H]1[C@@H](N2Cc3c(N)cccc3C2=O)C[C@H]2C[C@@H]1C2(C)C.C[C@@H]1[C@@H](N2Cc3c(cccc3[N+](=O)[O-])C2=O)C[C@H]2C[C@@H]1C2(C)C.C[C@H]1[C@H](N2Cc3c(N)cccc3C2=O)C[C@@H]2C[C@H]1C2(C)C.C[C@H]1[C@H](N2Cc3c(cccc3[N+](=O)[O-])C2=O)C[C@@H]2C[C@H]1C2(C)C. The van der Waals surface area contributed by atoms with Crippen LogP contribution in [-0.2, 0) is 39.3 Å². The van der Waals surface area contributed by atoms with Gasteiger partial charge >= 0.3 is 0 Å². The third-order valence-corrected chi connectivity index (χ3v) is 41.7. The van der Waals surface area contributed by atoms with Gasteiger partial charge in [-0.1, -0.05) is 161 Å². The molecule has 132 heavy (non-hydrogen) atoms. The first-order valence-electron chi connectivity index (χ1n) is 49.4. The van der Waals surface area contributed by atoms with Gasteiger partial charge in [-0.3, -0.25) is 59.1 Å². The van der Waals surface area contributed by atoms with Gasteiger partial charge in [-0.25, -0.2) is 0 Å². The molecule has 0 aromatic heterocycles. The molecule has 24 heteroatoms. The minimum Gasteiger partial charge on any atom is -0.398 e. The third-order valence-electron chi connectivity index (χ3n) is 41.7. The lowest BCUT2D eigenvalue weighted by molar-refractivity contribution is -0.385. The maximum atomic E-state index is 12.9. The molecule has 6 aliphatic heterocycles. The number of nitro groups is 3. The maximum Gasteiger partial charge on any atom is 0.275 e. The van der Waals surface area contributed by atoms with Gasteiger partial charge < -0.3 is 46.6 Å². The minimum absolute atomic E-state index is 0.0281. The molecule has 6 N–H and O–H groups in total. The number of nitrogens with zero attached hydrogens (tertiary/aromatic N) is 9. The topological polar surface area (TPSA) is 329 Å². The highest BCUT2D eigenvalue weighted by Crippen LogP contribution is 2.71. The number of rotatable bonds is 9. The van der Waals surface area contributed by atoms with Crippen molar-refractivity contribution in [2.24, 2.45) is 126 Å². The Morgan fingerprint density at radius 2 is 0.500 bits per heavy atom. The molecule has 0 spiro atoms. The second kappa shape index (κ2) is 31.4. The number of carbonyl (C=O) groups is 6. The van der Waals surface area contributed by atoms with Crippen LogP contribution in [0.3, 0.4) is 0 Å². The normalized spacial score (nSPS) is 35.1. The van der Waals surface area contributed by atoms with Crippen molar-refractivity contribution < 1.29 is 43.5 Å². The van der Waals surface area contributed by atoms with Gasteiger partial charge in [-0.15, -0.1) is 0 Å². The smallest absolute Gasteiger partial charge is 0.275 e. The van der Waals surface area contributed by atoms with Gasteiger partial charge in [0.1, 0.15) is 0 Å². The molecule has 22 aliphatic rings. The Morgan fingerprint density at radius 1 is 0.288 bits per heavy atom. The molecule has 16 aliphatic carbocycles. The summed E-state index contributed by atoms with van der Waals surface area (Å²) >= 11 is 0. The van der Waals surface area contributed by atoms with E-state index in [2.05, 4.69) is 139 Å². The Balaban J connectivity index is 0.000000102. The van der Waals surface area contributed by atoms with E-state index in [0.717, 1.165) is 125 Å². The summed E-state index contributed by atoms with van der Waals surface area (Å²) in [7, 11) is 0. The predicted octanol–water partition coefficient (Wildman–Crippen LogP) is 21.0. The van der Waals surface area contributed by atoms with Crippen LogP contribution in [0, 0.1) is 157 Å². The van der Waals surface area contributed by atoms with Gasteiger partial charge in [0.15, 0.2) is 0 Å². The van der Waals surface area contributed by atoms with Crippen LogP contribution in [0.2, 0.25) is 0 Å². The summed E-state index contributed by atoms with van der Waals surface area (Å²) in [6.07, 6.45) is 16.7. The highest BCUT2D eigenvalue weighted by Gasteiger charge is 2.68. The van der Waals surface area contributed by atoms with Gasteiger partial charge in [0.25, 0.3) is 52.5 Å². The standard InChI is InChI=1S/3C18H22N2O3.3C18H24N2O/c2*1-10-14-7-11(18(14,2)3)8-16(10)19-9-13-12(17(19)21)5-4-6-15(13)20(22)23;1-17(2)11-7-8-18(17,3)15(9-11)19-10-13-12(16(19)21)5-4-6-14(13)20(22)23;2*1-10-14-7-11(18(14,2)3)8-16(10)20-9-13-12(17(20)21)5-4-6-15(13)19;1-17(2)11-7-8-18(17,3)15(9-11)20-10-13-12(16(20)21)5-4-6-14(13)19/h2*4-6,10-11,14,16H,7-9H2,1-3H3;4-6,11,15H,7-10H2,1-3H3;2*4-6,10-11,14,16H,7-9,19H2,1-3H3;4-6,11,15H,7-10,19H2,1-3H3/t2*10-,11+,14-,16-;11-,15-,18-;2*10-,11+,14-,16-;11-,15-,18-/m101101/s1. The summed E-state index contributed by atoms with van der Waals surface area (Å²) in [6, 6.07) is 33.4. The van der Waals surface area contributed by atoms with Crippen molar-refractivity contribution in [1.29, 1.82) is 0 Å². The first kappa shape index (κ1) is 90.9. The zero-order chi connectivity index (χ0) is 94.5. The monoisotopic (exact) mass is 1800 g/mol. The zero-order valence-electron chi connectivity index (χ0n) is 80.7. The van der Waals surface area contributed by atoms with Crippen LogP contribution in [0.1, 0.15) is 310 Å². The van der Waals surface area contributed by atoms with Crippen LogP contribution >= 0.6 is 0 Å². The highest BCUT2D eigenvalue weighted by atomic mass is 16.6. The lowest BCUT2D eigenvalue weighted by Crippen LogP contribution is -2.60. The Labute approximate surface area is 777 Å². The zero-order valence-corrected chi connectivity index (χ0v) is 80.7. The maximum absolute atomic E-state index is 12.9. The van der Waals surface area contributed by atoms with Crippen molar-refractivity contribution in [3.05, 3.63) is 206 Å². The number of nitrogen functional groups attached to an aromatic ring is 3. The van der Waals surface area contributed by atoms with E-state index in [1.807, 2.05) is 69.3 Å². The van der Waals surface area contributed by atoms with Crippen LogP contribution in [0.5, 0.6) is 0 Å². The molecule has 0 unspecified atom stereocenters. The van der Waals surface area contributed by atoms with E-state index in [4.69, 9.17) is 17.2 Å². The summed E-state index contributed by atoms with van der Waals surface area (Å²) in [5, 5.41) is 33.7. The number of nitrogens with two attached hydrogens (primary N) is 3. The molecule has 16 saturated carbocycles. The van der Waals surface area contributed by atoms with E-state index in [1.54, 1.807) is 36.4 Å². The largest absolute Gasteiger partial charge is 0.398 e. The van der Waals surface area contributed by atoms with Crippen molar-refractivity contribution in [2.45, 2.75) is 290 Å². The molecular weight excluding hydrogens is 1660 g/mol. The number of benzene rings is 6. The van der Waals surface area contributed by atoms with Gasteiger partial charge in [-0.05, 0) is 271 Å². The summed E-state index contributed by atoms with van der Waals surface area (Å²) in [5.41, 5.74) is 32.2. The Bertz CT molecular complexity index is 5600. The molecule has 6 amide bonds. The average molecular weight is 1800 g/mol. The Hall–Kier alpha value is -10.3. The number of fused-ring (bicyclic) bond motifs is 18.